The van der Waals surface area contributed by atoms with E-state index in [4.69, 9.17) is 10.2 Å². The van der Waals surface area contributed by atoms with Gasteiger partial charge < -0.3 is 15.5 Å². The molecule has 0 aliphatic heterocycles. The summed E-state index contributed by atoms with van der Waals surface area (Å²) in [6.45, 7) is 0. The Labute approximate surface area is 107 Å². The highest BCUT2D eigenvalue weighted by Crippen LogP contribution is 2.15. The minimum atomic E-state index is -1.43. The lowest BCUT2D eigenvalue weighted by Crippen LogP contribution is -2.13. The molecule has 1 rings (SSSR count). The van der Waals surface area contributed by atoms with E-state index in [-0.39, 0.29) is 24.9 Å². The Hall–Kier alpha value is -2.44. The fraction of sp³-hybridized carbons (Fsp3) is 0.250. The molecular formula is C12H12FNO5. The van der Waals surface area contributed by atoms with E-state index in [0.717, 1.165) is 12.1 Å². The molecule has 0 atom stereocenters. The molecule has 19 heavy (non-hydrogen) atoms. The van der Waals surface area contributed by atoms with E-state index in [0.29, 0.717) is 0 Å². The molecule has 0 heterocycles. The normalized spacial score (nSPS) is 9.95. The molecule has 0 spiro atoms. The van der Waals surface area contributed by atoms with E-state index in [2.05, 4.69) is 5.32 Å². The van der Waals surface area contributed by atoms with Gasteiger partial charge in [0.1, 0.15) is 5.82 Å². The molecule has 0 unspecified atom stereocenters. The fourth-order valence-corrected chi connectivity index (χ4v) is 1.39. The lowest BCUT2D eigenvalue weighted by atomic mass is 10.1. The average molecular weight is 269 g/mol. The van der Waals surface area contributed by atoms with Gasteiger partial charge in [-0.25, -0.2) is 9.18 Å². The Morgan fingerprint density at radius 3 is 2.42 bits per heavy atom. The highest BCUT2D eigenvalue weighted by molar-refractivity contribution is 5.94. The third-order valence-corrected chi connectivity index (χ3v) is 2.28. The number of hydrogen-bond donors (Lipinski definition) is 3. The van der Waals surface area contributed by atoms with E-state index >= 15 is 0 Å². The monoisotopic (exact) mass is 269 g/mol. The second-order valence-electron chi connectivity index (χ2n) is 3.80. The van der Waals surface area contributed by atoms with Crippen molar-refractivity contribution in [2.45, 2.75) is 19.3 Å². The molecule has 0 aliphatic rings. The minimum Gasteiger partial charge on any atom is -0.481 e. The maximum absolute atomic E-state index is 13.1. The molecule has 1 aromatic carbocycles. The minimum absolute atomic E-state index is 0.00786. The Morgan fingerprint density at radius 2 is 1.84 bits per heavy atom. The van der Waals surface area contributed by atoms with Gasteiger partial charge in [0.2, 0.25) is 5.91 Å². The molecule has 3 N–H and O–H groups in total. The van der Waals surface area contributed by atoms with E-state index in [1.165, 1.54) is 6.07 Å². The first-order chi connectivity index (χ1) is 8.90. The Balaban J connectivity index is 2.62. The summed E-state index contributed by atoms with van der Waals surface area (Å²) in [6, 6.07) is 3.18. The number of carbonyl (C=O) groups excluding carboxylic acids is 1. The topological polar surface area (TPSA) is 104 Å². The van der Waals surface area contributed by atoms with Crippen molar-refractivity contribution in [2.24, 2.45) is 0 Å². The van der Waals surface area contributed by atoms with Crippen LogP contribution in [0.4, 0.5) is 10.1 Å². The predicted molar refractivity (Wildman–Crippen MR) is 63.5 cm³/mol. The number of carbonyl (C=O) groups is 3. The van der Waals surface area contributed by atoms with Gasteiger partial charge >= 0.3 is 11.9 Å². The van der Waals surface area contributed by atoms with Crippen LogP contribution in [0.3, 0.4) is 0 Å². The number of hydrogen-bond acceptors (Lipinski definition) is 3. The van der Waals surface area contributed by atoms with Crippen molar-refractivity contribution in [2.75, 3.05) is 5.32 Å². The zero-order valence-corrected chi connectivity index (χ0v) is 9.85. The summed E-state index contributed by atoms with van der Waals surface area (Å²) >= 11 is 0. The van der Waals surface area contributed by atoms with Crippen LogP contribution in [0.25, 0.3) is 0 Å². The first-order valence-electron chi connectivity index (χ1n) is 5.44. The number of carboxylic acids is 2. The SMILES string of the molecule is O=C(O)CCCC(=O)Nc1ccc(F)c(C(=O)O)c1. The van der Waals surface area contributed by atoms with Gasteiger partial charge in [-0.15, -0.1) is 0 Å². The molecular weight excluding hydrogens is 257 g/mol. The quantitative estimate of drug-likeness (QED) is 0.729. The van der Waals surface area contributed by atoms with Crippen LogP contribution < -0.4 is 5.32 Å². The number of amides is 1. The van der Waals surface area contributed by atoms with Crippen molar-refractivity contribution in [1.82, 2.24) is 0 Å². The maximum Gasteiger partial charge on any atom is 0.338 e. The standard InChI is InChI=1S/C12H12FNO5/c13-9-5-4-7(6-8(9)12(18)19)14-10(15)2-1-3-11(16)17/h4-6H,1-3H2,(H,14,15)(H,16,17)(H,18,19). The highest BCUT2D eigenvalue weighted by atomic mass is 19.1. The zero-order chi connectivity index (χ0) is 14.4. The first kappa shape index (κ1) is 14.6. The number of rotatable bonds is 6. The molecule has 0 radical (unpaired) electrons. The van der Waals surface area contributed by atoms with Crippen LogP contribution in [0, 0.1) is 5.82 Å². The molecule has 1 aromatic rings. The van der Waals surface area contributed by atoms with Crippen molar-refractivity contribution in [3.05, 3.63) is 29.6 Å². The number of anilines is 1. The summed E-state index contributed by atoms with van der Waals surface area (Å²) in [6.07, 6.45) is 0.0391. The second kappa shape index (κ2) is 6.48. The van der Waals surface area contributed by atoms with Crippen LogP contribution in [-0.2, 0) is 9.59 Å². The van der Waals surface area contributed by atoms with Crippen LogP contribution in [-0.4, -0.2) is 28.1 Å². The van der Waals surface area contributed by atoms with Crippen LogP contribution in [0.1, 0.15) is 29.6 Å². The Morgan fingerprint density at radius 1 is 1.16 bits per heavy atom. The fourth-order valence-electron chi connectivity index (χ4n) is 1.39. The molecule has 0 bridgehead atoms. The molecule has 7 heteroatoms. The van der Waals surface area contributed by atoms with E-state index < -0.39 is 29.2 Å². The molecule has 0 saturated heterocycles. The maximum atomic E-state index is 13.1. The van der Waals surface area contributed by atoms with Gasteiger partial charge in [0.25, 0.3) is 0 Å². The first-order valence-corrected chi connectivity index (χ1v) is 5.44. The van der Waals surface area contributed by atoms with Gasteiger partial charge in [-0.05, 0) is 24.6 Å². The lowest BCUT2D eigenvalue weighted by molar-refractivity contribution is -0.137. The summed E-state index contributed by atoms with van der Waals surface area (Å²) < 4.78 is 13.1. The largest absolute Gasteiger partial charge is 0.481 e. The number of aromatic carboxylic acids is 1. The second-order valence-corrected chi connectivity index (χ2v) is 3.80. The number of nitrogens with one attached hydrogen (secondary N) is 1. The third-order valence-electron chi connectivity index (χ3n) is 2.28. The van der Waals surface area contributed by atoms with Crippen molar-refractivity contribution in [3.8, 4) is 0 Å². The van der Waals surface area contributed by atoms with Gasteiger partial charge in [-0.3, -0.25) is 9.59 Å². The van der Waals surface area contributed by atoms with Crippen molar-refractivity contribution < 1.29 is 29.0 Å². The van der Waals surface area contributed by atoms with Gasteiger partial charge in [-0.1, -0.05) is 0 Å². The molecule has 0 fully saturated rings. The van der Waals surface area contributed by atoms with E-state index in [1.807, 2.05) is 0 Å². The number of halogens is 1. The van der Waals surface area contributed by atoms with Crippen molar-refractivity contribution in [3.63, 3.8) is 0 Å². The van der Waals surface area contributed by atoms with Gasteiger partial charge in [0.05, 0.1) is 5.56 Å². The van der Waals surface area contributed by atoms with Gasteiger partial charge in [0.15, 0.2) is 0 Å². The van der Waals surface area contributed by atoms with Crippen molar-refractivity contribution >= 4 is 23.5 Å². The number of aliphatic carboxylic acids is 1. The van der Waals surface area contributed by atoms with Crippen LogP contribution in [0.2, 0.25) is 0 Å². The molecule has 6 nitrogen and oxygen atoms in total. The predicted octanol–water partition coefficient (Wildman–Crippen LogP) is 1.72. The van der Waals surface area contributed by atoms with Crippen molar-refractivity contribution in [1.29, 1.82) is 0 Å². The third kappa shape index (κ3) is 4.74. The summed E-state index contributed by atoms with van der Waals surface area (Å²) in [5, 5.41) is 19.5. The van der Waals surface area contributed by atoms with Crippen LogP contribution >= 0.6 is 0 Å². The Kier molecular flexibility index (Phi) is 4.99. The van der Waals surface area contributed by atoms with Gasteiger partial charge in [0, 0.05) is 18.5 Å². The summed E-state index contributed by atoms with van der Waals surface area (Å²) in [5.41, 5.74) is -0.387. The number of benzene rings is 1. The number of carboxylic acid groups (broad SMARTS) is 2. The molecule has 0 aromatic heterocycles. The average Bonchev–Trinajstić information content (AvgIpc) is 2.30. The van der Waals surface area contributed by atoms with E-state index in [1.54, 1.807) is 0 Å². The Bertz CT molecular complexity index is 515. The zero-order valence-electron chi connectivity index (χ0n) is 9.85. The smallest absolute Gasteiger partial charge is 0.338 e. The highest BCUT2D eigenvalue weighted by Gasteiger charge is 2.12. The molecule has 1 amide bonds. The summed E-state index contributed by atoms with van der Waals surface area (Å²) in [5.74, 6) is -3.78. The van der Waals surface area contributed by atoms with Gasteiger partial charge in [-0.2, -0.15) is 0 Å². The lowest BCUT2D eigenvalue weighted by Gasteiger charge is -2.06. The molecule has 0 saturated carbocycles. The van der Waals surface area contributed by atoms with E-state index in [9.17, 15) is 18.8 Å². The van der Waals surface area contributed by atoms with Crippen LogP contribution in [0.5, 0.6) is 0 Å². The molecule has 102 valence electrons. The summed E-state index contributed by atoms with van der Waals surface area (Å²) in [7, 11) is 0. The molecule has 0 aliphatic carbocycles. The summed E-state index contributed by atoms with van der Waals surface area (Å²) in [4.78, 5) is 32.4. The van der Waals surface area contributed by atoms with Crippen LogP contribution in [0.15, 0.2) is 18.2 Å².